The van der Waals surface area contributed by atoms with Crippen molar-refractivity contribution in [2.75, 3.05) is 12.8 Å². The molecule has 8 heavy (non-hydrogen) atoms. The maximum absolute atomic E-state index is 10.5. The topological polar surface area (TPSA) is 17.1 Å². The molecule has 0 amide bonds. The van der Waals surface area contributed by atoms with E-state index < -0.39 is 7.80 Å². The van der Waals surface area contributed by atoms with Gasteiger partial charge >= 0.3 is 7.80 Å². The summed E-state index contributed by atoms with van der Waals surface area (Å²) in [4.78, 5) is 0. The molecule has 1 atom stereocenters. The second-order valence-electron chi connectivity index (χ2n) is 2.09. The predicted molar refractivity (Wildman–Crippen MR) is 37.8 cm³/mol. The minimum atomic E-state index is -0.959. The maximum atomic E-state index is 10.5. The first-order valence-corrected chi connectivity index (χ1v) is 4.53. The SMILES string of the molecule is CC(C)=CC[P+](C)=O. The van der Waals surface area contributed by atoms with E-state index >= 15 is 0 Å². The fourth-order valence-corrected chi connectivity index (χ4v) is 0.933. The maximum Gasteiger partial charge on any atom is 0.339 e. The monoisotopic (exact) mass is 131 g/mol. The summed E-state index contributed by atoms with van der Waals surface area (Å²) in [5, 5.41) is 0. The van der Waals surface area contributed by atoms with Gasteiger partial charge < -0.3 is 0 Å². The molecule has 2 heteroatoms. The molecule has 0 rings (SSSR count). The number of rotatable bonds is 2. The van der Waals surface area contributed by atoms with Crippen LogP contribution in [0.25, 0.3) is 0 Å². The summed E-state index contributed by atoms with van der Waals surface area (Å²) in [5.41, 5.74) is 1.25. The van der Waals surface area contributed by atoms with Gasteiger partial charge in [-0.2, -0.15) is 0 Å². The minimum Gasteiger partial charge on any atom is -0.0763 e. The first-order chi connectivity index (χ1) is 3.63. The fraction of sp³-hybridized carbons (Fsp3) is 0.667. The lowest BCUT2D eigenvalue weighted by molar-refractivity contribution is 0.592. The van der Waals surface area contributed by atoms with Crippen LogP contribution in [0.5, 0.6) is 0 Å². The zero-order valence-electron chi connectivity index (χ0n) is 5.64. The fourth-order valence-electron chi connectivity index (χ4n) is 0.311. The minimum absolute atomic E-state index is 0.734. The van der Waals surface area contributed by atoms with Gasteiger partial charge in [0, 0.05) is 0 Å². The van der Waals surface area contributed by atoms with Gasteiger partial charge in [0.05, 0.1) is 0 Å². The van der Waals surface area contributed by atoms with Crippen LogP contribution in [0.1, 0.15) is 13.8 Å². The molecule has 0 fully saturated rings. The normalized spacial score (nSPS) is 10.6. The van der Waals surface area contributed by atoms with Crippen molar-refractivity contribution in [1.29, 1.82) is 0 Å². The van der Waals surface area contributed by atoms with Crippen LogP contribution in [0.2, 0.25) is 0 Å². The molecule has 0 bridgehead atoms. The van der Waals surface area contributed by atoms with Crippen molar-refractivity contribution in [2.24, 2.45) is 0 Å². The van der Waals surface area contributed by atoms with Crippen molar-refractivity contribution in [1.82, 2.24) is 0 Å². The van der Waals surface area contributed by atoms with E-state index in [-0.39, 0.29) is 0 Å². The van der Waals surface area contributed by atoms with E-state index in [9.17, 15) is 4.57 Å². The van der Waals surface area contributed by atoms with E-state index in [1.54, 1.807) is 6.66 Å². The van der Waals surface area contributed by atoms with Gasteiger partial charge in [-0.25, -0.2) is 0 Å². The molecule has 0 radical (unpaired) electrons. The second-order valence-corrected chi connectivity index (χ2v) is 3.71. The molecule has 0 aromatic carbocycles. The Kier molecular flexibility index (Phi) is 3.72. The number of allylic oxidation sites excluding steroid dienone is 2. The Hall–Kier alpha value is -0.160. The highest BCUT2D eigenvalue weighted by molar-refractivity contribution is 7.43. The second kappa shape index (κ2) is 3.80. The first kappa shape index (κ1) is 7.84. The zero-order valence-corrected chi connectivity index (χ0v) is 6.53. The average Bonchev–Trinajstić information content (AvgIpc) is 1.61. The lowest BCUT2D eigenvalue weighted by atomic mass is 10.3. The van der Waals surface area contributed by atoms with E-state index in [1.165, 1.54) is 5.57 Å². The van der Waals surface area contributed by atoms with Gasteiger partial charge in [0.25, 0.3) is 0 Å². The molecule has 0 N–H and O–H groups in total. The van der Waals surface area contributed by atoms with E-state index in [4.69, 9.17) is 0 Å². The molecular weight excluding hydrogens is 119 g/mol. The van der Waals surface area contributed by atoms with Gasteiger partial charge in [-0.05, 0) is 19.9 Å². The molecule has 0 saturated carbocycles. The summed E-state index contributed by atoms with van der Waals surface area (Å²) in [6.45, 7) is 5.77. The Bertz CT molecular complexity index is 112. The zero-order chi connectivity index (χ0) is 6.57. The summed E-state index contributed by atoms with van der Waals surface area (Å²) in [7, 11) is -0.959. The predicted octanol–water partition coefficient (Wildman–Crippen LogP) is 2.41. The number of hydrogen-bond donors (Lipinski definition) is 0. The molecular formula is C6H12OP+. The van der Waals surface area contributed by atoms with Crippen molar-refractivity contribution in [3.05, 3.63) is 11.6 Å². The van der Waals surface area contributed by atoms with Crippen molar-refractivity contribution in [2.45, 2.75) is 13.8 Å². The molecule has 0 aliphatic heterocycles. The molecule has 0 heterocycles. The van der Waals surface area contributed by atoms with E-state index in [0.717, 1.165) is 6.16 Å². The highest BCUT2D eigenvalue weighted by Gasteiger charge is 1.98. The number of hydrogen-bond acceptors (Lipinski definition) is 1. The highest BCUT2D eigenvalue weighted by Crippen LogP contribution is 2.13. The smallest absolute Gasteiger partial charge is 0.0763 e. The molecule has 0 aliphatic carbocycles. The van der Waals surface area contributed by atoms with Crippen LogP contribution in [-0.2, 0) is 4.57 Å². The van der Waals surface area contributed by atoms with Crippen LogP contribution in [0.15, 0.2) is 11.6 Å². The van der Waals surface area contributed by atoms with E-state index in [1.807, 2.05) is 19.9 Å². The lowest BCUT2D eigenvalue weighted by Crippen LogP contribution is -1.69. The van der Waals surface area contributed by atoms with Crippen LogP contribution < -0.4 is 0 Å². The third-order valence-electron chi connectivity index (χ3n) is 0.757. The van der Waals surface area contributed by atoms with Crippen molar-refractivity contribution in [3.63, 3.8) is 0 Å². The standard InChI is InChI=1S/C6H12OP/c1-6(2)4-5-8(3)7/h4H,5H2,1-3H3/q+1. The van der Waals surface area contributed by atoms with Gasteiger partial charge in [-0.3, -0.25) is 0 Å². The van der Waals surface area contributed by atoms with Crippen LogP contribution in [0.3, 0.4) is 0 Å². The third kappa shape index (κ3) is 5.84. The van der Waals surface area contributed by atoms with Gasteiger partial charge in [-0.15, -0.1) is 0 Å². The third-order valence-corrected chi connectivity index (χ3v) is 1.45. The van der Waals surface area contributed by atoms with Gasteiger partial charge in [0.15, 0.2) is 6.16 Å². The highest BCUT2D eigenvalue weighted by atomic mass is 31.1. The largest absolute Gasteiger partial charge is 0.339 e. The Morgan fingerprint density at radius 1 is 1.62 bits per heavy atom. The summed E-state index contributed by atoms with van der Waals surface area (Å²) >= 11 is 0. The molecule has 0 aromatic heterocycles. The van der Waals surface area contributed by atoms with Crippen LogP contribution in [0.4, 0.5) is 0 Å². The molecule has 0 saturated heterocycles. The molecule has 0 spiro atoms. The average molecular weight is 131 g/mol. The van der Waals surface area contributed by atoms with Crippen LogP contribution in [0, 0.1) is 0 Å². The van der Waals surface area contributed by atoms with Gasteiger partial charge in [-0.1, -0.05) is 10.1 Å². The summed E-state index contributed by atoms with van der Waals surface area (Å²) < 4.78 is 10.5. The quantitative estimate of drug-likeness (QED) is 0.415. The lowest BCUT2D eigenvalue weighted by Gasteiger charge is -1.78. The summed E-state index contributed by atoms with van der Waals surface area (Å²) in [6, 6.07) is 0. The summed E-state index contributed by atoms with van der Waals surface area (Å²) in [6.07, 6.45) is 2.73. The Labute approximate surface area is 51.6 Å². The first-order valence-electron chi connectivity index (χ1n) is 2.64. The summed E-state index contributed by atoms with van der Waals surface area (Å²) in [5.74, 6) is 0. The van der Waals surface area contributed by atoms with E-state index in [0.29, 0.717) is 0 Å². The molecule has 1 unspecified atom stereocenters. The van der Waals surface area contributed by atoms with Gasteiger partial charge in [0.1, 0.15) is 6.66 Å². The molecule has 0 aliphatic rings. The van der Waals surface area contributed by atoms with Crippen LogP contribution in [-0.4, -0.2) is 12.8 Å². The Balaban J connectivity index is 3.45. The van der Waals surface area contributed by atoms with E-state index in [2.05, 4.69) is 0 Å². The van der Waals surface area contributed by atoms with Crippen molar-refractivity contribution in [3.8, 4) is 0 Å². The Morgan fingerprint density at radius 3 is 2.25 bits per heavy atom. The molecule has 1 nitrogen and oxygen atoms in total. The van der Waals surface area contributed by atoms with Crippen molar-refractivity contribution < 1.29 is 4.57 Å². The van der Waals surface area contributed by atoms with Crippen molar-refractivity contribution >= 4 is 7.80 Å². The molecule has 46 valence electrons. The van der Waals surface area contributed by atoms with Crippen LogP contribution >= 0.6 is 7.80 Å². The molecule has 0 aromatic rings. The Morgan fingerprint density at radius 2 is 2.12 bits per heavy atom. The van der Waals surface area contributed by atoms with Gasteiger partial charge in [0.2, 0.25) is 0 Å².